The predicted octanol–water partition coefficient (Wildman–Crippen LogP) is 2.38. The summed E-state index contributed by atoms with van der Waals surface area (Å²) in [5.74, 6) is -0.854. The summed E-state index contributed by atoms with van der Waals surface area (Å²) >= 11 is 5.88. The fourth-order valence-electron chi connectivity index (χ4n) is 1.66. The first-order valence-electron chi connectivity index (χ1n) is 5.29. The number of carboxylic acids is 1. The van der Waals surface area contributed by atoms with Gasteiger partial charge in [-0.2, -0.15) is 0 Å². The molecule has 1 aromatic carbocycles. The van der Waals surface area contributed by atoms with Crippen molar-refractivity contribution in [3.63, 3.8) is 0 Å². The molecule has 4 nitrogen and oxygen atoms in total. The lowest BCUT2D eigenvalue weighted by Gasteiger charge is -2.07. The topological polar surface area (TPSA) is 65.1 Å². The maximum atomic E-state index is 10.7. The quantitative estimate of drug-likeness (QED) is 0.783. The van der Waals surface area contributed by atoms with Crippen LogP contribution in [0, 0.1) is 0 Å². The van der Waals surface area contributed by atoms with E-state index in [9.17, 15) is 4.79 Å². The van der Waals surface area contributed by atoms with Gasteiger partial charge < -0.3 is 15.4 Å². The molecule has 17 heavy (non-hydrogen) atoms. The number of hydrogen-bond donors (Lipinski definition) is 3. The molecule has 5 heteroatoms. The van der Waals surface area contributed by atoms with Gasteiger partial charge >= 0.3 is 5.97 Å². The average Bonchev–Trinajstić information content (AvgIpc) is 2.67. The van der Waals surface area contributed by atoms with E-state index in [2.05, 4.69) is 10.3 Å². The average molecular weight is 253 g/mol. The van der Waals surface area contributed by atoms with Gasteiger partial charge in [-0.05, 0) is 24.6 Å². The number of hydrogen-bond acceptors (Lipinski definition) is 2. The standard InChI is InChI=1S/C12H13ClN2O2/c1-7(12(16)17)14-5-8-6-15-11-4-9(13)2-3-10(8)11/h2-4,6-7,14-15H,5H2,1H3,(H,16,17). The van der Waals surface area contributed by atoms with Gasteiger partial charge in [-0.1, -0.05) is 17.7 Å². The Morgan fingerprint density at radius 2 is 2.35 bits per heavy atom. The Bertz CT molecular complexity index is 550. The summed E-state index contributed by atoms with van der Waals surface area (Å²) in [4.78, 5) is 13.8. The number of halogens is 1. The van der Waals surface area contributed by atoms with Gasteiger partial charge in [0, 0.05) is 28.7 Å². The highest BCUT2D eigenvalue weighted by atomic mass is 35.5. The van der Waals surface area contributed by atoms with Crippen LogP contribution in [0.5, 0.6) is 0 Å². The largest absolute Gasteiger partial charge is 0.480 e. The van der Waals surface area contributed by atoms with Crippen LogP contribution in [0.15, 0.2) is 24.4 Å². The van der Waals surface area contributed by atoms with Crippen molar-refractivity contribution in [1.82, 2.24) is 10.3 Å². The lowest BCUT2D eigenvalue weighted by Crippen LogP contribution is -2.32. The lowest BCUT2D eigenvalue weighted by molar-refractivity contribution is -0.139. The van der Waals surface area contributed by atoms with Crippen molar-refractivity contribution in [1.29, 1.82) is 0 Å². The SMILES string of the molecule is CC(NCc1c[nH]c2cc(Cl)ccc12)C(=O)O. The number of carboxylic acid groups (broad SMARTS) is 1. The molecular weight excluding hydrogens is 240 g/mol. The summed E-state index contributed by atoms with van der Waals surface area (Å²) in [6.45, 7) is 2.13. The number of aromatic nitrogens is 1. The van der Waals surface area contributed by atoms with Crippen molar-refractivity contribution in [2.75, 3.05) is 0 Å². The van der Waals surface area contributed by atoms with Gasteiger partial charge in [-0.25, -0.2) is 0 Å². The third-order valence-corrected chi connectivity index (χ3v) is 2.93. The highest BCUT2D eigenvalue weighted by Crippen LogP contribution is 2.21. The molecule has 0 saturated heterocycles. The molecule has 2 aromatic rings. The molecule has 0 fully saturated rings. The highest BCUT2D eigenvalue weighted by Gasteiger charge is 2.11. The van der Waals surface area contributed by atoms with E-state index in [1.54, 1.807) is 6.92 Å². The van der Waals surface area contributed by atoms with Crippen molar-refractivity contribution >= 4 is 28.5 Å². The zero-order valence-electron chi connectivity index (χ0n) is 9.33. The van der Waals surface area contributed by atoms with Crippen molar-refractivity contribution in [3.8, 4) is 0 Å². The molecule has 1 atom stereocenters. The van der Waals surface area contributed by atoms with E-state index in [4.69, 9.17) is 16.7 Å². The third-order valence-electron chi connectivity index (χ3n) is 2.70. The van der Waals surface area contributed by atoms with Crippen LogP contribution in [0.2, 0.25) is 5.02 Å². The van der Waals surface area contributed by atoms with Crippen LogP contribution in [-0.4, -0.2) is 22.1 Å². The smallest absolute Gasteiger partial charge is 0.320 e. The van der Waals surface area contributed by atoms with Crippen molar-refractivity contribution < 1.29 is 9.90 Å². The minimum atomic E-state index is -0.854. The van der Waals surface area contributed by atoms with Crippen LogP contribution in [0.25, 0.3) is 10.9 Å². The summed E-state index contributed by atoms with van der Waals surface area (Å²) in [6, 6.07) is 5.03. The molecule has 0 aliphatic rings. The number of nitrogens with one attached hydrogen (secondary N) is 2. The Hall–Kier alpha value is -1.52. The number of H-pyrrole nitrogens is 1. The molecule has 1 unspecified atom stereocenters. The molecule has 2 rings (SSSR count). The van der Waals surface area contributed by atoms with Crippen LogP contribution < -0.4 is 5.32 Å². The molecule has 0 amide bonds. The Labute approximate surface area is 104 Å². The molecular formula is C12H13ClN2O2. The number of fused-ring (bicyclic) bond motifs is 1. The number of benzene rings is 1. The van der Waals surface area contributed by atoms with Crippen LogP contribution in [0.4, 0.5) is 0 Å². The third kappa shape index (κ3) is 2.60. The van der Waals surface area contributed by atoms with Crippen molar-refractivity contribution in [3.05, 3.63) is 35.0 Å². The minimum absolute atomic E-state index is 0.509. The van der Waals surface area contributed by atoms with E-state index in [1.807, 2.05) is 24.4 Å². The first-order valence-corrected chi connectivity index (χ1v) is 5.67. The molecule has 0 aliphatic heterocycles. The van der Waals surface area contributed by atoms with E-state index in [-0.39, 0.29) is 0 Å². The van der Waals surface area contributed by atoms with Crippen molar-refractivity contribution in [2.24, 2.45) is 0 Å². The second kappa shape index (κ2) is 4.77. The molecule has 0 saturated carbocycles. The molecule has 0 spiro atoms. The summed E-state index contributed by atoms with van der Waals surface area (Å²) in [7, 11) is 0. The summed E-state index contributed by atoms with van der Waals surface area (Å²) in [5.41, 5.74) is 1.99. The van der Waals surface area contributed by atoms with Gasteiger partial charge in [-0.15, -0.1) is 0 Å². The lowest BCUT2D eigenvalue weighted by atomic mass is 10.1. The summed E-state index contributed by atoms with van der Waals surface area (Å²) < 4.78 is 0. The zero-order valence-corrected chi connectivity index (χ0v) is 10.1. The Morgan fingerprint density at radius 3 is 3.06 bits per heavy atom. The number of aliphatic carboxylic acids is 1. The van der Waals surface area contributed by atoms with Crippen LogP contribution in [0.1, 0.15) is 12.5 Å². The van der Waals surface area contributed by atoms with Gasteiger partial charge in [0.05, 0.1) is 0 Å². The Kier molecular flexibility index (Phi) is 3.36. The molecule has 1 aromatic heterocycles. The minimum Gasteiger partial charge on any atom is -0.480 e. The fourth-order valence-corrected chi connectivity index (χ4v) is 1.83. The van der Waals surface area contributed by atoms with Crippen LogP contribution in [0.3, 0.4) is 0 Å². The molecule has 1 heterocycles. The Morgan fingerprint density at radius 1 is 1.59 bits per heavy atom. The maximum Gasteiger partial charge on any atom is 0.320 e. The second-order valence-electron chi connectivity index (χ2n) is 3.94. The monoisotopic (exact) mass is 252 g/mol. The van der Waals surface area contributed by atoms with Gasteiger partial charge in [0.1, 0.15) is 6.04 Å². The number of aromatic amines is 1. The fraction of sp³-hybridized carbons (Fsp3) is 0.250. The molecule has 90 valence electrons. The molecule has 0 radical (unpaired) electrons. The first-order chi connectivity index (χ1) is 8.08. The van der Waals surface area contributed by atoms with E-state index in [1.165, 1.54) is 0 Å². The molecule has 0 bridgehead atoms. The second-order valence-corrected chi connectivity index (χ2v) is 4.38. The van der Waals surface area contributed by atoms with E-state index < -0.39 is 12.0 Å². The van der Waals surface area contributed by atoms with Crippen LogP contribution in [-0.2, 0) is 11.3 Å². The van der Waals surface area contributed by atoms with Gasteiger partial charge in [0.2, 0.25) is 0 Å². The number of carbonyl (C=O) groups is 1. The van der Waals surface area contributed by atoms with E-state index in [0.29, 0.717) is 11.6 Å². The first kappa shape index (κ1) is 12.0. The van der Waals surface area contributed by atoms with E-state index >= 15 is 0 Å². The van der Waals surface area contributed by atoms with Crippen molar-refractivity contribution in [2.45, 2.75) is 19.5 Å². The zero-order chi connectivity index (χ0) is 12.4. The van der Waals surface area contributed by atoms with Gasteiger partial charge in [-0.3, -0.25) is 4.79 Å². The summed E-state index contributed by atoms with van der Waals surface area (Å²) in [6.07, 6.45) is 1.86. The number of rotatable bonds is 4. The Balaban J connectivity index is 2.17. The van der Waals surface area contributed by atoms with E-state index in [0.717, 1.165) is 16.5 Å². The molecule has 3 N–H and O–H groups in total. The molecule has 0 aliphatic carbocycles. The predicted molar refractivity (Wildman–Crippen MR) is 67.2 cm³/mol. The van der Waals surface area contributed by atoms with Gasteiger partial charge in [0.15, 0.2) is 0 Å². The highest BCUT2D eigenvalue weighted by molar-refractivity contribution is 6.31. The maximum absolute atomic E-state index is 10.7. The normalized spacial score (nSPS) is 12.8. The van der Waals surface area contributed by atoms with Crippen LogP contribution >= 0.6 is 11.6 Å². The summed E-state index contributed by atoms with van der Waals surface area (Å²) in [5, 5.41) is 13.4. The van der Waals surface area contributed by atoms with Gasteiger partial charge in [0.25, 0.3) is 0 Å².